The van der Waals surface area contributed by atoms with Gasteiger partial charge in [0.05, 0.1) is 6.61 Å². The van der Waals surface area contributed by atoms with Gasteiger partial charge in [0.25, 0.3) is 5.91 Å². The Morgan fingerprint density at radius 1 is 1.12 bits per heavy atom. The SMILES string of the molecule is CC(C)COc1ccc(C(=O)NC2CCC(C(C)(C)C)CC2)cc1. The highest BCUT2D eigenvalue weighted by Crippen LogP contribution is 2.37. The van der Waals surface area contributed by atoms with E-state index in [0.717, 1.165) is 24.5 Å². The van der Waals surface area contributed by atoms with E-state index < -0.39 is 0 Å². The fraction of sp³-hybridized carbons (Fsp3) is 0.667. The largest absolute Gasteiger partial charge is 0.493 e. The molecule has 0 spiro atoms. The van der Waals surface area contributed by atoms with Gasteiger partial charge in [-0.2, -0.15) is 0 Å². The van der Waals surface area contributed by atoms with E-state index >= 15 is 0 Å². The molecule has 2 rings (SSSR count). The monoisotopic (exact) mass is 331 g/mol. The van der Waals surface area contributed by atoms with Gasteiger partial charge in [-0.05, 0) is 67.2 Å². The zero-order valence-electron chi connectivity index (χ0n) is 15.9. The normalized spacial score (nSPS) is 21.6. The minimum Gasteiger partial charge on any atom is -0.493 e. The van der Waals surface area contributed by atoms with Gasteiger partial charge in [-0.25, -0.2) is 0 Å². The molecular formula is C21H33NO2. The van der Waals surface area contributed by atoms with Crippen molar-refractivity contribution in [1.29, 1.82) is 0 Å². The third-order valence-corrected chi connectivity index (χ3v) is 4.99. The van der Waals surface area contributed by atoms with E-state index in [1.807, 2.05) is 24.3 Å². The summed E-state index contributed by atoms with van der Waals surface area (Å²) in [7, 11) is 0. The average molecular weight is 332 g/mol. The predicted molar refractivity (Wildman–Crippen MR) is 99.4 cm³/mol. The Bertz CT molecular complexity index is 520. The van der Waals surface area contributed by atoms with Crippen molar-refractivity contribution in [2.24, 2.45) is 17.3 Å². The first-order chi connectivity index (χ1) is 11.3. The van der Waals surface area contributed by atoms with Crippen molar-refractivity contribution in [3.63, 3.8) is 0 Å². The molecule has 0 aromatic heterocycles. The molecule has 24 heavy (non-hydrogen) atoms. The van der Waals surface area contributed by atoms with Crippen LogP contribution in [0.1, 0.15) is 70.7 Å². The Morgan fingerprint density at radius 3 is 2.21 bits per heavy atom. The van der Waals surface area contributed by atoms with E-state index in [1.165, 1.54) is 12.8 Å². The lowest BCUT2D eigenvalue weighted by Crippen LogP contribution is -2.39. The molecule has 1 aliphatic rings. The van der Waals surface area contributed by atoms with Gasteiger partial charge in [0.1, 0.15) is 5.75 Å². The molecule has 3 nitrogen and oxygen atoms in total. The number of rotatable bonds is 5. The molecule has 1 fully saturated rings. The average Bonchev–Trinajstić information content (AvgIpc) is 2.53. The molecule has 0 saturated heterocycles. The molecule has 0 radical (unpaired) electrons. The molecule has 0 unspecified atom stereocenters. The first-order valence-electron chi connectivity index (χ1n) is 9.29. The number of hydrogen-bond acceptors (Lipinski definition) is 2. The fourth-order valence-electron chi connectivity index (χ4n) is 3.34. The number of carbonyl (C=O) groups is 1. The van der Waals surface area contributed by atoms with E-state index in [9.17, 15) is 4.79 Å². The predicted octanol–water partition coefficient (Wildman–Crippen LogP) is 5.06. The van der Waals surface area contributed by atoms with Crippen molar-refractivity contribution in [3.8, 4) is 5.75 Å². The summed E-state index contributed by atoms with van der Waals surface area (Å²) in [6.07, 6.45) is 4.58. The van der Waals surface area contributed by atoms with Crippen LogP contribution in [0.25, 0.3) is 0 Å². The molecule has 0 atom stereocenters. The Kier molecular flexibility index (Phi) is 6.31. The first kappa shape index (κ1) is 18.8. The zero-order chi connectivity index (χ0) is 17.7. The maximum atomic E-state index is 12.4. The van der Waals surface area contributed by atoms with Crippen LogP contribution in [-0.4, -0.2) is 18.6 Å². The Hall–Kier alpha value is -1.51. The topological polar surface area (TPSA) is 38.3 Å². The van der Waals surface area contributed by atoms with Crippen LogP contribution < -0.4 is 10.1 Å². The van der Waals surface area contributed by atoms with Gasteiger partial charge in [0.15, 0.2) is 0 Å². The molecule has 0 heterocycles. The van der Waals surface area contributed by atoms with Crippen molar-refractivity contribution < 1.29 is 9.53 Å². The maximum absolute atomic E-state index is 12.4. The van der Waals surface area contributed by atoms with Crippen LogP contribution in [0.2, 0.25) is 0 Å². The van der Waals surface area contributed by atoms with Gasteiger partial charge in [0, 0.05) is 11.6 Å². The summed E-state index contributed by atoms with van der Waals surface area (Å²) in [4.78, 5) is 12.4. The fourth-order valence-corrected chi connectivity index (χ4v) is 3.34. The molecule has 0 aliphatic heterocycles. The second-order valence-electron chi connectivity index (χ2n) is 8.62. The lowest BCUT2D eigenvalue weighted by atomic mass is 9.71. The van der Waals surface area contributed by atoms with Crippen LogP contribution in [0.3, 0.4) is 0 Å². The van der Waals surface area contributed by atoms with Crippen LogP contribution in [0, 0.1) is 17.3 Å². The van der Waals surface area contributed by atoms with Gasteiger partial charge in [0.2, 0.25) is 0 Å². The molecule has 3 heteroatoms. The van der Waals surface area contributed by atoms with E-state index in [4.69, 9.17) is 4.74 Å². The number of benzene rings is 1. The standard InChI is InChI=1S/C21H33NO2/c1-15(2)14-24-19-12-6-16(7-13-19)20(23)22-18-10-8-17(9-11-18)21(3,4)5/h6-7,12-13,15,17-18H,8-11,14H2,1-5H3,(H,22,23). The molecule has 1 N–H and O–H groups in total. The van der Waals surface area contributed by atoms with E-state index in [0.29, 0.717) is 29.5 Å². The van der Waals surface area contributed by atoms with Gasteiger partial charge >= 0.3 is 0 Å². The van der Waals surface area contributed by atoms with Crippen molar-refractivity contribution in [2.75, 3.05) is 6.61 Å². The summed E-state index contributed by atoms with van der Waals surface area (Å²) in [5, 5.41) is 3.20. The highest BCUT2D eigenvalue weighted by Gasteiger charge is 2.30. The second-order valence-corrected chi connectivity index (χ2v) is 8.62. The van der Waals surface area contributed by atoms with Crippen molar-refractivity contribution in [2.45, 2.75) is 66.3 Å². The zero-order valence-corrected chi connectivity index (χ0v) is 15.9. The maximum Gasteiger partial charge on any atom is 0.251 e. The first-order valence-corrected chi connectivity index (χ1v) is 9.29. The van der Waals surface area contributed by atoms with E-state index in [1.54, 1.807) is 0 Å². The summed E-state index contributed by atoms with van der Waals surface area (Å²) in [6.45, 7) is 11.9. The number of amides is 1. The molecule has 1 aromatic carbocycles. The Labute approximate surface area is 147 Å². The summed E-state index contributed by atoms with van der Waals surface area (Å²) in [6, 6.07) is 7.78. The third-order valence-electron chi connectivity index (χ3n) is 4.99. The van der Waals surface area contributed by atoms with Crippen molar-refractivity contribution >= 4 is 5.91 Å². The molecule has 0 bridgehead atoms. The van der Waals surface area contributed by atoms with Crippen molar-refractivity contribution in [1.82, 2.24) is 5.32 Å². The summed E-state index contributed by atoms with van der Waals surface area (Å²) in [5.74, 6) is 2.12. The summed E-state index contributed by atoms with van der Waals surface area (Å²) < 4.78 is 5.66. The lowest BCUT2D eigenvalue weighted by Gasteiger charge is -2.37. The molecular weight excluding hydrogens is 298 g/mol. The summed E-state index contributed by atoms with van der Waals surface area (Å²) in [5.41, 5.74) is 1.09. The summed E-state index contributed by atoms with van der Waals surface area (Å²) >= 11 is 0. The lowest BCUT2D eigenvalue weighted by molar-refractivity contribution is 0.0904. The van der Waals surface area contributed by atoms with Crippen LogP contribution in [0.4, 0.5) is 0 Å². The van der Waals surface area contributed by atoms with E-state index in [-0.39, 0.29) is 5.91 Å². The minimum absolute atomic E-state index is 0.0321. The second kappa shape index (κ2) is 8.04. The smallest absolute Gasteiger partial charge is 0.251 e. The molecule has 1 amide bonds. The number of carbonyl (C=O) groups excluding carboxylic acids is 1. The van der Waals surface area contributed by atoms with Gasteiger partial charge in [-0.3, -0.25) is 4.79 Å². The Morgan fingerprint density at radius 2 is 1.71 bits per heavy atom. The molecule has 1 saturated carbocycles. The quantitative estimate of drug-likeness (QED) is 0.819. The van der Waals surface area contributed by atoms with Crippen LogP contribution in [-0.2, 0) is 0 Å². The Balaban J connectivity index is 1.83. The van der Waals surface area contributed by atoms with Crippen LogP contribution >= 0.6 is 0 Å². The van der Waals surface area contributed by atoms with Crippen molar-refractivity contribution in [3.05, 3.63) is 29.8 Å². The van der Waals surface area contributed by atoms with Crippen LogP contribution in [0.5, 0.6) is 5.75 Å². The van der Waals surface area contributed by atoms with Gasteiger partial charge < -0.3 is 10.1 Å². The number of ether oxygens (including phenoxy) is 1. The third kappa shape index (κ3) is 5.54. The molecule has 1 aromatic rings. The van der Waals surface area contributed by atoms with Gasteiger partial charge in [-0.1, -0.05) is 34.6 Å². The van der Waals surface area contributed by atoms with E-state index in [2.05, 4.69) is 39.9 Å². The minimum atomic E-state index is 0.0321. The molecule has 1 aliphatic carbocycles. The highest BCUT2D eigenvalue weighted by atomic mass is 16.5. The number of hydrogen-bond donors (Lipinski definition) is 1. The number of nitrogens with one attached hydrogen (secondary N) is 1. The molecule has 134 valence electrons. The van der Waals surface area contributed by atoms with Gasteiger partial charge in [-0.15, -0.1) is 0 Å². The highest BCUT2D eigenvalue weighted by molar-refractivity contribution is 5.94. The van der Waals surface area contributed by atoms with Crippen LogP contribution in [0.15, 0.2) is 24.3 Å².